The van der Waals surface area contributed by atoms with Gasteiger partial charge in [-0.05, 0) is 18.6 Å². The Morgan fingerprint density at radius 3 is 2.88 bits per heavy atom. The number of aromatic nitrogens is 2. The highest BCUT2D eigenvalue weighted by Crippen LogP contribution is 2.17. The van der Waals surface area contributed by atoms with Crippen LogP contribution in [0, 0.1) is 0 Å². The second-order valence-electron chi connectivity index (χ2n) is 4.02. The Bertz CT molecular complexity index is 531. The van der Waals surface area contributed by atoms with Gasteiger partial charge in [0.1, 0.15) is 5.82 Å². The molecule has 0 unspecified atom stereocenters. The molecule has 0 aliphatic heterocycles. The molecule has 0 fully saturated rings. The zero-order chi connectivity index (χ0) is 12.3. The molecule has 0 amide bonds. The topological polar surface area (TPSA) is 55.1 Å². The summed E-state index contributed by atoms with van der Waals surface area (Å²) in [5.74, 6) is 0.282. The largest absolute Gasteiger partial charge is 0.481 e. The van der Waals surface area contributed by atoms with Gasteiger partial charge in [0.2, 0.25) is 0 Å². The Morgan fingerprint density at radius 1 is 1.41 bits per heavy atom. The number of carbonyl (C=O) groups is 1. The van der Waals surface area contributed by atoms with E-state index in [0.717, 1.165) is 29.8 Å². The highest BCUT2D eigenvalue weighted by atomic mass is 16.4. The number of hydrogen-bond donors (Lipinski definition) is 1. The molecule has 0 saturated carbocycles. The SMILES string of the molecule is CCc1nc2ccccc2n1CCCC(=O)O. The molecule has 0 radical (unpaired) electrons. The molecule has 90 valence electrons. The van der Waals surface area contributed by atoms with Crippen LogP contribution in [-0.4, -0.2) is 20.6 Å². The zero-order valence-electron chi connectivity index (χ0n) is 9.89. The Labute approximate surface area is 99.9 Å². The molecule has 4 nitrogen and oxygen atoms in total. The van der Waals surface area contributed by atoms with E-state index in [4.69, 9.17) is 5.11 Å². The van der Waals surface area contributed by atoms with E-state index >= 15 is 0 Å². The number of hydrogen-bond acceptors (Lipinski definition) is 2. The summed E-state index contributed by atoms with van der Waals surface area (Å²) in [5.41, 5.74) is 2.08. The van der Waals surface area contributed by atoms with Gasteiger partial charge in [0, 0.05) is 19.4 Å². The van der Waals surface area contributed by atoms with Crippen molar-refractivity contribution in [2.75, 3.05) is 0 Å². The van der Waals surface area contributed by atoms with E-state index in [2.05, 4.69) is 16.5 Å². The Morgan fingerprint density at radius 2 is 2.18 bits per heavy atom. The minimum Gasteiger partial charge on any atom is -0.481 e. The average molecular weight is 232 g/mol. The van der Waals surface area contributed by atoms with Crippen molar-refractivity contribution in [2.24, 2.45) is 0 Å². The number of aliphatic carboxylic acids is 1. The van der Waals surface area contributed by atoms with E-state index in [1.807, 2.05) is 24.3 Å². The third kappa shape index (κ3) is 2.46. The number of fused-ring (bicyclic) bond motifs is 1. The van der Waals surface area contributed by atoms with E-state index in [0.29, 0.717) is 6.42 Å². The minimum absolute atomic E-state index is 0.204. The number of carboxylic acid groups (broad SMARTS) is 1. The molecule has 1 N–H and O–H groups in total. The Balaban J connectivity index is 2.27. The summed E-state index contributed by atoms with van der Waals surface area (Å²) in [6, 6.07) is 7.97. The van der Waals surface area contributed by atoms with Gasteiger partial charge in [-0.1, -0.05) is 19.1 Å². The number of aryl methyl sites for hydroxylation is 2. The van der Waals surface area contributed by atoms with Crippen molar-refractivity contribution in [3.05, 3.63) is 30.1 Å². The fourth-order valence-electron chi connectivity index (χ4n) is 2.03. The molecule has 2 aromatic rings. The van der Waals surface area contributed by atoms with Crippen LogP contribution in [0.2, 0.25) is 0 Å². The van der Waals surface area contributed by atoms with E-state index < -0.39 is 5.97 Å². The average Bonchev–Trinajstić information content (AvgIpc) is 2.67. The molecule has 1 heterocycles. The highest BCUT2D eigenvalue weighted by Gasteiger charge is 2.08. The molecule has 2 rings (SSSR count). The van der Waals surface area contributed by atoms with E-state index in [9.17, 15) is 4.79 Å². The summed E-state index contributed by atoms with van der Waals surface area (Å²) in [5, 5.41) is 8.66. The molecule has 0 saturated heterocycles. The highest BCUT2D eigenvalue weighted by molar-refractivity contribution is 5.75. The van der Waals surface area contributed by atoms with E-state index in [1.54, 1.807) is 0 Å². The zero-order valence-corrected chi connectivity index (χ0v) is 9.89. The fraction of sp³-hybridized carbons (Fsp3) is 0.385. The van der Waals surface area contributed by atoms with Crippen molar-refractivity contribution >= 4 is 17.0 Å². The minimum atomic E-state index is -0.743. The van der Waals surface area contributed by atoms with Gasteiger partial charge in [-0.15, -0.1) is 0 Å². The van der Waals surface area contributed by atoms with Crippen molar-refractivity contribution in [2.45, 2.75) is 32.7 Å². The summed E-state index contributed by atoms with van der Waals surface area (Å²) in [7, 11) is 0. The number of imidazole rings is 1. The molecule has 1 aromatic heterocycles. The molecule has 4 heteroatoms. The van der Waals surface area contributed by atoms with Crippen LogP contribution < -0.4 is 0 Å². The van der Waals surface area contributed by atoms with Gasteiger partial charge >= 0.3 is 5.97 Å². The van der Waals surface area contributed by atoms with Crippen LogP contribution in [0.1, 0.15) is 25.6 Å². The van der Waals surface area contributed by atoms with Gasteiger partial charge < -0.3 is 9.67 Å². The molecule has 17 heavy (non-hydrogen) atoms. The van der Waals surface area contributed by atoms with Gasteiger partial charge in [-0.2, -0.15) is 0 Å². The lowest BCUT2D eigenvalue weighted by atomic mass is 10.3. The molecule has 0 bridgehead atoms. The summed E-state index contributed by atoms with van der Waals surface area (Å²) in [6.45, 7) is 2.78. The first-order valence-electron chi connectivity index (χ1n) is 5.88. The van der Waals surface area contributed by atoms with Gasteiger partial charge in [-0.3, -0.25) is 4.79 Å². The number of benzene rings is 1. The molecule has 0 aliphatic rings. The molecule has 0 spiro atoms. The lowest BCUT2D eigenvalue weighted by Gasteiger charge is -2.06. The maximum atomic E-state index is 10.5. The van der Waals surface area contributed by atoms with Crippen molar-refractivity contribution < 1.29 is 9.90 Å². The number of para-hydroxylation sites is 2. The van der Waals surface area contributed by atoms with Crippen molar-refractivity contribution in [1.82, 2.24) is 9.55 Å². The first kappa shape index (κ1) is 11.6. The van der Waals surface area contributed by atoms with Crippen LogP contribution in [0.4, 0.5) is 0 Å². The molecular formula is C13H16N2O2. The monoisotopic (exact) mass is 232 g/mol. The summed E-state index contributed by atoms with van der Waals surface area (Å²) in [4.78, 5) is 15.1. The quantitative estimate of drug-likeness (QED) is 0.861. The summed E-state index contributed by atoms with van der Waals surface area (Å²) < 4.78 is 2.12. The summed E-state index contributed by atoms with van der Waals surface area (Å²) >= 11 is 0. The Hall–Kier alpha value is -1.84. The van der Waals surface area contributed by atoms with Gasteiger partial charge in [-0.25, -0.2) is 4.98 Å². The second kappa shape index (κ2) is 4.99. The van der Waals surface area contributed by atoms with Crippen molar-refractivity contribution in [3.8, 4) is 0 Å². The molecule has 0 aliphatic carbocycles. The van der Waals surface area contributed by atoms with Gasteiger partial charge in [0.25, 0.3) is 0 Å². The molecule has 1 aromatic carbocycles. The third-order valence-electron chi connectivity index (χ3n) is 2.82. The lowest BCUT2D eigenvalue weighted by Crippen LogP contribution is -2.05. The van der Waals surface area contributed by atoms with E-state index in [-0.39, 0.29) is 6.42 Å². The standard InChI is InChI=1S/C13H16N2O2/c1-2-12-14-10-6-3-4-7-11(10)15(12)9-5-8-13(16)17/h3-4,6-7H,2,5,8-9H2,1H3,(H,16,17). The van der Waals surface area contributed by atoms with E-state index in [1.165, 1.54) is 0 Å². The number of rotatable bonds is 5. The summed E-state index contributed by atoms with van der Waals surface area (Å²) in [6.07, 6.45) is 1.71. The van der Waals surface area contributed by atoms with Crippen LogP contribution in [-0.2, 0) is 17.8 Å². The predicted molar refractivity (Wildman–Crippen MR) is 66.0 cm³/mol. The van der Waals surface area contributed by atoms with Crippen LogP contribution in [0.15, 0.2) is 24.3 Å². The van der Waals surface area contributed by atoms with Gasteiger partial charge in [0.05, 0.1) is 11.0 Å². The number of nitrogens with zero attached hydrogens (tertiary/aromatic N) is 2. The van der Waals surface area contributed by atoms with Crippen LogP contribution >= 0.6 is 0 Å². The predicted octanol–water partition coefficient (Wildman–Crippen LogP) is 2.46. The van der Waals surface area contributed by atoms with Crippen LogP contribution in [0.5, 0.6) is 0 Å². The molecule has 0 atom stereocenters. The number of carboxylic acids is 1. The van der Waals surface area contributed by atoms with Crippen molar-refractivity contribution in [1.29, 1.82) is 0 Å². The van der Waals surface area contributed by atoms with Crippen LogP contribution in [0.25, 0.3) is 11.0 Å². The molecular weight excluding hydrogens is 216 g/mol. The third-order valence-corrected chi connectivity index (χ3v) is 2.82. The first-order valence-corrected chi connectivity index (χ1v) is 5.88. The van der Waals surface area contributed by atoms with Crippen LogP contribution in [0.3, 0.4) is 0 Å². The lowest BCUT2D eigenvalue weighted by molar-refractivity contribution is -0.137. The smallest absolute Gasteiger partial charge is 0.303 e. The van der Waals surface area contributed by atoms with Gasteiger partial charge in [0.15, 0.2) is 0 Å². The normalized spacial score (nSPS) is 10.9. The first-order chi connectivity index (χ1) is 8.22. The Kier molecular flexibility index (Phi) is 3.42. The second-order valence-corrected chi connectivity index (χ2v) is 4.02. The van der Waals surface area contributed by atoms with Crippen molar-refractivity contribution in [3.63, 3.8) is 0 Å². The maximum Gasteiger partial charge on any atom is 0.303 e. The maximum absolute atomic E-state index is 10.5. The fourth-order valence-corrected chi connectivity index (χ4v) is 2.03.